The number of nitro benzene ring substituents is 1. The summed E-state index contributed by atoms with van der Waals surface area (Å²) in [5, 5.41) is 23.6. The van der Waals surface area contributed by atoms with Crippen LogP contribution in [-0.2, 0) is 0 Å². The number of hydrogen-bond acceptors (Lipinski definition) is 4. The first-order chi connectivity index (χ1) is 7.89. The number of aliphatic hydroxyl groups is 1. The molecule has 1 aliphatic carbocycles. The van der Waals surface area contributed by atoms with E-state index in [2.05, 4.69) is 21.2 Å². The summed E-state index contributed by atoms with van der Waals surface area (Å²) in [7, 11) is 0. The van der Waals surface area contributed by atoms with Crippen LogP contribution >= 0.6 is 15.9 Å². The van der Waals surface area contributed by atoms with Crippen LogP contribution in [0, 0.1) is 10.1 Å². The van der Waals surface area contributed by atoms with Gasteiger partial charge in [0.05, 0.1) is 10.5 Å². The highest BCUT2D eigenvalue weighted by Crippen LogP contribution is 2.38. The highest BCUT2D eigenvalue weighted by molar-refractivity contribution is 9.10. The monoisotopic (exact) mass is 300 g/mol. The molecule has 0 aromatic heterocycles. The first-order valence-corrected chi connectivity index (χ1v) is 6.10. The molecule has 1 saturated carbocycles. The SMILES string of the molecule is CC1(O)CC(Nc2c(Br)cccc2[N+](=O)[O-])C1. The van der Waals surface area contributed by atoms with Crippen LogP contribution in [0.2, 0.25) is 0 Å². The van der Waals surface area contributed by atoms with Crippen molar-refractivity contribution in [3.05, 3.63) is 32.8 Å². The highest BCUT2D eigenvalue weighted by atomic mass is 79.9. The maximum Gasteiger partial charge on any atom is 0.293 e. The van der Waals surface area contributed by atoms with Crippen LogP contribution in [0.1, 0.15) is 19.8 Å². The molecule has 1 aromatic rings. The fraction of sp³-hybridized carbons (Fsp3) is 0.455. The Labute approximate surface area is 107 Å². The van der Waals surface area contributed by atoms with Gasteiger partial charge < -0.3 is 10.4 Å². The molecule has 0 saturated heterocycles. The molecule has 0 aliphatic heterocycles. The summed E-state index contributed by atoms with van der Waals surface area (Å²) in [4.78, 5) is 10.5. The number of nitrogens with one attached hydrogen (secondary N) is 1. The first-order valence-electron chi connectivity index (χ1n) is 5.31. The molecule has 2 rings (SSSR count). The molecule has 0 spiro atoms. The van der Waals surface area contributed by atoms with Crippen molar-refractivity contribution >= 4 is 27.3 Å². The average molecular weight is 301 g/mol. The van der Waals surface area contributed by atoms with Gasteiger partial charge >= 0.3 is 0 Å². The van der Waals surface area contributed by atoms with E-state index in [0.717, 1.165) is 0 Å². The predicted molar refractivity (Wildman–Crippen MR) is 68.1 cm³/mol. The smallest absolute Gasteiger partial charge is 0.293 e. The summed E-state index contributed by atoms with van der Waals surface area (Å²) in [5.74, 6) is 0. The van der Waals surface area contributed by atoms with Crippen molar-refractivity contribution in [1.82, 2.24) is 0 Å². The Balaban J connectivity index is 2.18. The molecule has 0 bridgehead atoms. The molecule has 6 heteroatoms. The van der Waals surface area contributed by atoms with Gasteiger partial charge in [-0.2, -0.15) is 0 Å². The van der Waals surface area contributed by atoms with E-state index >= 15 is 0 Å². The molecule has 5 nitrogen and oxygen atoms in total. The maximum absolute atomic E-state index is 10.9. The Morgan fingerprint density at radius 3 is 2.76 bits per heavy atom. The van der Waals surface area contributed by atoms with E-state index in [9.17, 15) is 15.2 Å². The lowest BCUT2D eigenvalue weighted by molar-refractivity contribution is -0.384. The van der Waals surface area contributed by atoms with Gasteiger partial charge in [-0.05, 0) is 41.8 Å². The third kappa shape index (κ3) is 2.58. The van der Waals surface area contributed by atoms with Gasteiger partial charge in [-0.15, -0.1) is 0 Å². The van der Waals surface area contributed by atoms with Crippen molar-refractivity contribution in [1.29, 1.82) is 0 Å². The van der Waals surface area contributed by atoms with Crippen molar-refractivity contribution in [3.8, 4) is 0 Å². The van der Waals surface area contributed by atoms with E-state index in [0.29, 0.717) is 23.0 Å². The van der Waals surface area contributed by atoms with Crippen LogP contribution in [0.5, 0.6) is 0 Å². The standard InChI is InChI=1S/C11H13BrN2O3/c1-11(15)5-7(6-11)13-10-8(12)3-2-4-9(10)14(16)17/h2-4,7,13,15H,5-6H2,1H3. The number of halogens is 1. The van der Waals surface area contributed by atoms with E-state index in [-0.39, 0.29) is 11.7 Å². The van der Waals surface area contributed by atoms with Crippen LogP contribution in [0.15, 0.2) is 22.7 Å². The van der Waals surface area contributed by atoms with Gasteiger partial charge in [-0.25, -0.2) is 0 Å². The second kappa shape index (κ2) is 4.27. The normalized spacial score (nSPS) is 27.4. The third-order valence-electron chi connectivity index (χ3n) is 2.91. The Hall–Kier alpha value is -1.14. The second-order valence-electron chi connectivity index (χ2n) is 4.64. The van der Waals surface area contributed by atoms with Crippen LogP contribution in [0.3, 0.4) is 0 Å². The maximum atomic E-state index is 10.9. The van der Waals surface area contributed by atoms with Crippen LogP contribution in [-0.4, -0.2) is 21.7 Å². The van der Waals surface area contributed by atoms with E-state index in [1.807, 2.05) is 0 Å². The van der Waals surface area contributed by atoms with Gasteiger partial charge in [-0.1, -0.05) is 6.07 Å². The minimum atomic E-state index is -0.645. The zero-order valence-corrected chi connectivity index (χ0v) is 10.9. The van der Waals surface area contributed by atoms with Gasteiger partial charge in [-0.3, -0.25) is 10.1 Å². The quantitative estimate of drug-likeness (QED) is 0.665. The third-order valence-corrected chi connectivity index (χ3v) is 3.57. The summed E-state index contributed by atoms with van der Waals surface area (Å²) >= 11 is 3.30. The lowest BCUT2D eigenvalue weighted by atomic mass is 9.77. The number of benzene rings is 1. The Bertz CT molecular complexity index is 454. The Kier molecular flexibility index (Phi) is 3.09. The summed E-state index contributed by atoms with van der Waals surface area (Å²) in [6, 6.07) is 4.93. The molecule has 1 fully saturated rings. The number of anilines is 1. The van der Waals surface area contributed by atoms with Crippen LogP contribution < -0.4 is 5.32 Å². The molecule has 92 valence electrons. The number of para-hydroxylation sites is 1. The minimum Gasteiger partial charge on any atom is -0.390 e. The van der Waals surface area contributed by atoms with E-state index in [1.165, 1.54) is 6.07 Å². The molecule has 17 heavy (non-hydrogen) atoms. The Morgan fingerprint density at radius 2 is 2.24 bits per heavy atom. The second-order valence-corrected chi connectivity index (χ2v) is 5.49. The van der Waals surface area contributed by atoms with E-state index in [1.54, 1.807) is 19.1 Å². The summed E-state index contributed by atoms with van der Waals surface area (Å²) < 4.78 is 0.665. The molecule has 2 N–H and O–H groups in total. The lowest BCUT2D eigenvalue weighted by Gasteiger charge is -2.41. The van der Waals surface area contributed by atoms with Crippen molar-refractivity contribution < 1.29 is 10.0 Å². The molecular formula is C11H13BrN2O3. The van der Waals surface area contributed by atoms with Crippen molar-refractivity contribution in [2.24, 2.45) is 0 Å². The summed E-state index contributed by atoms with van der Waals surface area (Å²) in [6.07, 6.45) is 1.21. The van der Waals surface area contributed by atoms with Crippen molar-refractivity contribution in [2.75, 3.05) is 5.32 Å². The largest absolute Gasteiger partial charge is 0.390 e. The van der Waals surface area contributed by atoms with Gasteiger partial charge in [0.2, 0.25) is 0 Å². The van der Waals surface area contributed by atoms with Crippen LogP contribution in [0.25, 0.3) is 0 Å². The molecule has 1 aromatic carbocycles. The average Bonchev–Trinajstić information content (AvgIpc) is 2.17. The molecule has 0 unspecified atom stereocenters. The predicted octanol–water partition coefficient (Wildman–Crippen LogP) is 2.68. The van der Waals surface area contributed by atoms with Crippen molar-refractivity contribution in [3.63, 3.8) is 0 Å². The molecule has 1 aliphatic rings. The molecular weight excluding hydrogens is 288 g/mol. The zero-order chi connectivity index (χ0) is 12.6. The minimum absolute atomic E-state index is 0.0471. The fourth-order valence-corrected chi connectivity index (χ4v) is 2.59. The zero-order valence-electron chi connectivity index (χ0n) is 9.31. The van der Waals surface area contributed by atoms with Crippen LogP contribution in [0.4, 0.5) is 11.4 Å². The van der Waals surface area contributed by atoms with Crippen molar-refractivity contribution in [2.45, 2.75) is 31.4 Å². The van der Waals surface area contributed by atoms with Gasteiger partial charge in [0.15, 0.2) is 0 Å². The first kappa shape index (κ1) is 12.3. The fourth-order valence-electron chi connectivity index (χ4n) is 2.12. The van der Waals surface area contributed by atoms with E-state index in [4.69, 9.17) is 0 Å². The van der Waals surface area contributed by atoms with Gasteiger partial charge in [0, 0.05) is 16.6 Å². The molecule has 0 heterocycles. The highest BCUT2D eigenvalue weighted by Gasteiger charge is 2.39. The summed E-state index contributed by atoms with van der Waals surface area (Å²) in [6.45, 7) is 1.76. The van der Waals surface area contributed by atoms with E-state index < -0.39 is 10.5 Å². The molecule has 0 atom stereocenters. The van der Waals surface area contributed by atoms with Gasteiger partial charge in [0.1, 0.15) is 5.69 Å². The molecule has 0 radical (unpaired) electrons. The summed E-state index contributed by atoms with van der Waals surface area (Å²) in [5.41, 5.74) is -0.114. The number of nitrogens with zero attached hydrogens (tertiary/aromatic N) is 1. The Morgan fingerprint density at radius 1 is 1.59 bits per heavy atom. The number of rotatable bonds is 3. The lowest BCUT2D eigenvalue weighted by Crippen LogP contribution is -2.48. The van der Waals surface area contributed by atoms with Gasteiger partial charge in [0.25, 0.3) is 5.69 Å². The number of nitro groups is 1. The topological polar surface area (TPSA) is 75.4 Å². The number of hydrogen-bond donors (Lipinski definition) is 2. The molecule has 0 amide bonds.